The summed E-state index contributed by atoms with van der Waals surface area (Å²) in [5.74, 6) is -0.484. The molecule has 1 aromatic rings. The van der Waals surface area contributed by atoms with Crippen molar-refractivity contribution in [1.29, 1.82) is 0 Å². The van der Waals surface area contributed by atoms with E-state index in [9.17, 15) is 9.59 Å². The third kappa shape index (κ3) is 4.71. The first kappa shape index (κ1) is 16.8. The molecule has 0 aliphatic carbocycles. The molecule has 0 aromatic heterocycles. The first-order valence-corrected chi connectivity index (χ1v) is 7.90. The van der Waals surface area contributed by atoms with E-state index >= 15 is 0 Å². The SMILES string of the molecule is C[C@H](NC(=O)CN1CCC[C@H](C(N)=O)C1)c1cccc(Cl)c1. The number of likely N-dealkylation sites (tertiary alicyclic amines) is 1. The second kappa shape index (κ2) is 7.61. The fourth-order valence-electron chi connectivity index (χ4n) is 2.78. The molecule has 5 nitrogen and oxygen atoms in total. The van der Waals surface area contributed by atoms with Crippen molar-refractivity contribution in [2.45, 2.75) is 25.8 Å². The molecule has 2 atom stereocenters. The lowest BCUT2D eigenvalue weighted by Gasteiger charge is -2.30. The first-order chi connectivity index (χ1) is 10.5. The van der Waals surface area contributed by atoms with Crippen molar-refractivity contribution in [3.05, 3.63) is 34.9 Å². The normalized spacial score (nSPS) is 20.4. The maximum absolute atomic E-state index is 12.2. The van der Waals surface area contributed by atoms with E-state index in [1.165, 1.54) is 0 Å². The van der Waals surface area contributed by atoms with Gasteiger partial charge in [0.25, 0.3) is 0 Å². The molecule has 2 rings (SSSR count). The lowest BCUT2D eigenvalue weighted by Crippen LogP contribution is -2.45. The van der Waals surface area contributed by atoms with E-state index < -0.39 is 0 Å². The maximum atomic E-state index is 12.2. The Labute approximate surface area is 135 Å². The van der Waals surface area contributed by atoms with Crippen LogP contribution in [-0.2, 0) is 9.59 Å². The predicted molar refractivity (Wildman–Crippen MR) is 86.4 cm³/mol. The fraction of sp³-hybridized carbons (Fsp3) is 0.500. The van der Waals surface area contributed by atoms with Crippen molar-refractivity contribution in [1.82, 2.24) is 10.2 Å². The van der Waals surface area contributed by atoms with E-state index in [4.69, 9.17) is 17.3 Å². The quantitative estimate of drug-likeness (QED) is 0.866. The molecule has 0 spiro atoms. The van der Waals surface area contributed by atoms with Crippen LogP contribution < -0.4 is 11.1 Å². The molecule has 1 aromatic carbocycles. The van der Waals surface area contributed by atoms with E-state index in [2.05, 4.69) is 5.32 Å². The summed E-state index contributed by atoms with van der Waals surface area (Å²) in [5.41, 5.74) is 6.32. The number of hydrogen-bond acceptors (Lipinski definition) is 3. The Morgan fingerprint density at radius 3 is 2.95 bits per heavy atom. The number of nitrogens with zero attached hydrogens (tertiary/aromatic N) is 1. The van der Waals surface area contributed by atoms with Crippen LogP contribution >= 0.6 is 11.6 Å². The van der Waals surface area contributed by atoms with Gasteiger partial charge in [0.2, 0.25) is 11.8 Å². The highest BCUT2D eigenvalue weighted by molar-refractivity contribution is 6.30. The van der Waals surface area contributed by atoms with Crippen molar-refractivity contribution < 1.29 is 9.59 Å². The van der Waals surface area contributed by atoms with Gasteiger partial charge in [0, 0.05) is 11.6 Å². The van der Waals surface area contributed by atoms with Gasteiger partial charge in [-0.2, -0.15) is 0 Å². The number of nitrogens with two attached hydrogens (primary N) is 1. The number of primary amides is 1. The van der Waals surface area contributed by atoms with Gasteiger partial charge in [-0.25, -0.2) is 0 Å². The maximum Gasteiger partial charge on any atom is 0.234 e. The number of nitrogens with one attached hydrogen (secondary N) is 1. The van der Waals surface area contributed by atoms with Crippen LogP contribution in [0.5, 0.6) is 0 Å². The molecule has 1 aliphatic rings. The molecular weight excluding hydrogens is 302 g/mol. The average Bonchev–Trinajstić information content (AvgIpc) is 2.47. The molecule has 1 fully saturated rings. The summed E-state index contributed by atoms with van der Waals surface area (Å²) < 4.78 is 0. The van der Waals surface area contributed by atoms with E-state index in [-0.39, 0.29) is 30.3 Å². The molecule has 0 unspecified atom stereocenters. The third-order valence-corrected chi connectivity index (χ3v) is 4.24. The molecule has 22 heavy (non-hydrogen) atoms. The second-order valence-corrected chi connectivity index (χ2v) is 6.26. The minimum atomic E-state index is -0.280. The Kier molecular flexibility index (Phi) is 5.80. The van der Waals surface area contributed by atoms with E-state index in [0.717, 1.165) is 24.9 Å². The van der Waals surface area contributed by atoms with Gasteiger partial charge in [0.15, 0.2) is 0 Å². The minimum absolute atomic E-state index is 0.0578. The standard InChI is InChI=1S/C16H22ClN3O2/c1-11(12-4-2-6-14(17)8-12)19-15(21)10-20-7-3-5-13(9-20)16(18)22/h2,4,6,8,11,13H,3,5,7,9-10H2,1H3,(H2,18,22)(H,19,21)/t11-,13-/m0/s1. The van der Waals surface area contributed by atoms with Gasteiger partial charge in [-0.15, -0.1) is 0 Å². The lowest BCUT2D eigenvalue weighted by atomic mass is 9.97. The number of halogens is 1. The van der Waals surface area contributed by atoms with Crippen molar-refractivity contribution in [3.8, 4) is 0 Å². The highest BCUT2D eigenvalue weighted by Crippen LogP contribution is 2.18. The van der Waals surface area contributed by atoms with Gasteiger partial charge < -0.3 is 11.1 Å². The zero-order valence-electron chi connectivity index (χ0n) is 12.7. The molecule has 120 valence electrons. The molecule has 1 saturated heterocycles. The van der Waals surface area contributed by atoms with Crippen molar-refractivity contribution in [2.75, 3.05) is 19.6 Å². The van der Waals surface area contributed by atoms with Crippen LogP contribution in [0.25, 0.3) is 0 Å². The number of carbonyl (C=O) groups is 2. The fourth-order valence-corrected chi connectivity index (χ4v) is 2.98. The summed E-state index contributed by atoms with van der Waals surface area (Å²) in [5, 5.41) is 3.61. The van der Waals surface area contributed by atoms with E-state index in [0.29, 0.717) is 11.6 Å². The molecule has 1 aliphatic heterocycles. The topological polar surface area (TPSA) is 75.4 Å². The summed E-state index contributed by atoms with van der Waals surface area (Å²) >= 11 is 5.96. The molecule has 3 N–H and O–H groups in total. The van der Waals surface area contributed by atoms with Crippen LogP contribution in [0.4, 0.5) is 0 Å². The Balaban J connectivity index is 1.86. The van der Waals surface area contributed by atoms with E-state index in [1.807, 2.05) is 30.0 Å². The predicted octanol–water partition coefficient (Wildman–Crippen LogP) is 1.71. The molecule has 2 amide bonds. The average molecular weight is 324 g/mol. The minimum Gasteiger partial charge on any atom is -0.369 e. The number of piperidine rings is 1. The third-order valence-electron chi connectivity index (χ3n) is 4.00. The van der Waals surface area contributed by atoms with Crippen LogP contribution in [0.15, 0.2) is 24.3 Å². The summed E-state index contributed by atoms with van der Waals surface area (Å²) in [4.78, 5) is 25.4. The van der Waals surface area contributed by atoms with E-state index in [1.54, 1.807) is 6.07 Å². The molecule has 0 bridgehead atoms. The smallest absolute Gasteiger partial charge is 0.234 e. The Morgan fingerprint density at radius 1 is 1.50 bits per heavy atom. The lowest BCUT2D eigenvalue weighted by molar-refractivity contribution is -0.127. The van der Waals surface area contributed by atoms with Gasteiger partial charge in [-0.05, 0) is 44.0 Å². The molecule has 1 heterocycles. The van der Waals surface area contributed by atoms with Crippen LogP contribution in [0.2, 0.25) is 5.02 Å². The second-order valence-electron chi connectivity index (χ2n) is 5.82. The summed E-state index contributed by atoms with van der Waals surface area (Å²) in [6.07, 6.45) is 1.71. The van der Waals surface area contributed by atoms with Crippen LogP contribution in [0.3, 0.4) is 0 Å². The summed E-state index contributed by atoms with van der Waals surface area (Å²) in [7, 11) is 0. The number of benzene rings is 1. The zero-order valence-corrected chi connectivity index (χ0v) is 13.5. The van der Waals surface area contributed by atoms with Gasteiger partial charge in [0.1, 0.15) is 0 Å². The molecule has 0 radical (unpaired) electrons. The van der Waals surface area contributed by atoms with Crippen molar-refractivity contribution in [2.24, 2.45) is 11.7 Å². The number of amides is 2. The van der Waals surface area contributed by atoms with Crippen LogP contribution in [0.1, 0.15) is 31.4 Å². The monoisotopic (exact) mass is 323 g/mol. The molecule has 6 heteroatoms. The summed E-state index contributed by atoms with van der Waals surface area (Å²) in [6, 6.07) is 7.33. The van der Waals surface area contributed by atoms with Gasteiger partial charge in [0.05, 0.1) is 18.5 Å². The van der Waals surface area contributed by atoms with Gasteiger partial charge >= 0.3 is 0 Å². The van der Waals surface area contributed by atoms with Crippen molar-refractivity contribution in [3.63, 3.8) is 0 Å². The Morgan fingerprint density at radius 2 is 2.27 bits per heavy atom. The zero-order chi connectivity index (χ0) is 16.1. The van der Waals surface area contributed by atoms with Gasteiger partial charge in [-0.3, -0.25) is 14.5 Å². The highest BCUT2D eigenvalue weighted by Gasteiger charge is 2.25. The molecule has 0 saturated carbocycles. The number of carbonyl (C=O) groups excluding carboxylic acids is 2. The largest absolute Gasteiger partial charge is 0.369 e. The first-order valence-electron chi connectivity index (χ1n) is 7.52. The van der Waals surface area contributed by atoms with Crippen molar-refractivity contribution >= 4 is 23.4 Å². The summed E-state index contributed by atoms with van der Waals surface area (Å²) in [6.45, 7) is 3.59. The van der Waals surface area contributed by atoms with Gasteiger partial charge in [-0.1, -0.05) is 23.7 Å². The molecular formula is C16H22ClN3O2. The van der Waals surface area contributed by atoms with Crippen LogP contribution in [-0.4, -0.2) is 36.3 Å². The number of rotatable bonds is 5. The van der Waals surface area contributed by atoms with Crippen LogP contribution in [0, 0.1) is 5.92 Å². The Hall–Kier alpha value is -1.59. The Bertz CT molecular complexity index is 550. The number of hydrogen-bond donors (Lipinski definition) is 2. The highest BCUT2D eigenvalue weighted by atomic mass is 35.5.